The van der Waals surface area contributed by atoms with E-state index < -0.39 is 0 Å². The molecule has 10 heavy (non-hydrogen) atoms. The van der Waals surface area contributed by atoms with Crippen molar-refractivity contribution in [3.63, 3.8) is 0 Å². The highest BCUT2D eigenvalue weighted by Gasteiger charge is 2.28. The Bertz CT molecular complexity index is 136. The fourth-order valence-electron chi connectivity index (χ4n) is 1.31. The predicted molar refractivity (Wildman–Crippen MR) is 42.1 cm³/mol. The van der Waals surface area contributed by atoms with Crippen LogP contribution in [0, 0.1) is 5.92 Å². The molecule has 3 heteroatoms. The molecule has 1 fully saturated rings. The first-order valence-electron chi connectivity index (χ1n) is 3.46. The van der Waals surface area contributed by atoms with Gasteiger partial charge in [0.25, 0.3) is 0 Å². The maximum Gasteiger partial charge on any atom is 0.308 e. The number of carbonyl (C=O) groups is 1. The number of carbonyl (C=O) groups excluding carboxylic acids is 1. The third kappa shape index (κ3) is 1.72. The minimum atomic E-state index is -0.0537. The van der Waals surface area contributed by atoms with Crippen LogP contribution in [0.4, 0.5) is 0 Å². The average molecular weight is 207 g/mol. The van der Waals surface area contributed by atoms with E-state index in [0.717, 1.165) is 19.3 Å². The second-order valence-electron chi connectivity index (χ2n) is 2.63. The lowest BCUT2D eigenvalue weighted by molar-refractivity contribution is -0.145. The van der Waals surface area contributed by atoms with Gasteiger partial charge in [-0.1, -0.05) is 15.9 Å². The quantitative estimate of drug-likeness (QED) is 0.483. The van der Waals surface area contributed by atoms with Crippen LogP contribution in [0.2, 0.25) is 0 Å². The van der Waals surface area contributed by atoms with Gasteiger partial charge in [-0.15, -0.1) is 0 Å². The molecule has 0 unspecified atom stereocenters. The predicted octanol–water partition coefficient (Wildman–Crippen LogP) is 1.72. The van der Waals surface area contributed by atoms with E-state index in [1.165, 1.54) is 7.11 Å². The number of halogens is 1. The first kappa shape index (κ1) is 8.05. The summed E-state index contributed by atoms with van der Waals surface area (Å²) < 4.78 is 4.62. The van der Waals surface area contributed by atoms with Crippen molar-refractivity contribution in [2.24, 2.45) is 5.92 Å². The van der Waals surface area contributed by atoms with Gasteiger partial charge in [-0.2, -0.15) is 0 Å². The Balaban J connectivity index is 2.37. The molecule has 1 saturated carbocycles. The van der Waals surface area contributed by atoms with Crippen molar-refractivity contribution in [1.82, 2.24) is 0 Å². The molecule has 1 aliphatic rings. The molecule has 0 bridgehead atoms. The summed E-state index contributed by atoms with van der Waals surface area (Å²) in [7, 11) is 1.45. The van der Waals surface area contributed by atoms with Crippen LogP contribution in [-0.2, 0) is 9.53 Å². The molecule has 58 valence electrons. The Morgan fingerprint density at radius 1 is 1.60 bits per heavy atom. The van der Waals surface area contributed by atoms with Crippen LogP contribution in [0.25, 0.3) is 0 Å². The Morgan fingerprint density at radius 2 is 2.30 bits per heavy atom. The lowest BCUT2D eigenvalue weighted by Gasteiger charge is -2.04. The van der Waals surface area contributed by atoms with E-state index in [1.54, 1.807) is 0 Å². The third-order valence-electron chi connectivity index (χ3n) is 1.90. The van der Waals surface area contributed by atoms with Crippen LogP contribution in [0.5, 0.6) is 0 Å². The van der Waals surface area contributed by atoms with Crippen molar-refractivity contribution >= 4 is 21.9 Å². The highest BCUT2D eigenvalue weighted by Crippen LogP contribution is 2.31. The van der Waals surface area contributed by atoms with Crippen LogP contribution in [0.3, 0.4) is 0 Å². The minimum Gasteiger partial charge on any atom is -0.469 e. The van der Waals surface area contributed by atoms with Crippen molar-refractivity contribution in [2.45, 2.75) is 24.1 Å². The Labute approximate surface area is 69.1 Å². The third-order valence-corrected chi connectivity index (χ3v) is 2.73. The zero-order chi connectivity index (χ0) is 7.56. The summed E-state index contributed by atoms with van der Waals surface area (Å²) in [6, 6.07) is 0. The molecule has 1 rings (SSSR count). The lowest BCUT2D eigenvalue weighted by Crippen LogP contribution is -2.12. The summed E-state index contributed by atoms with van der Waals surface area (Å²) in [5, 5.41) is 0. The topological polar surface area (TPSA) is 26.3 Å². The molecule has 2 atom stereocenters. The van der Waals surface area contributed by atoms with Gasteiger partial charge in [0.2, 0.25) is 0 Å². The highest BCUT2D eigenvalue weighted by molar-refractivity contribution is 9.09. The second-order valence-corrected chi connectivity index (χ2v) is 3.93. The van der Waals surface area contributed by atoms with Gasteiger partial charge in [-0.3, -0.25) is 4.79 Å². The Kier molecular flexibility index (Phi) is 2.72. The van der Waals surface area contributed by atoms with E-state index in [9.17, 15) is 4.79 Å². The Hall–Kier alpha value is -0.0500. The van der Waals surface area contributed by atoms with E-state index in [1.807, 2.05) is 0 Å². The number of methoxy groups -OCH3 is 1. The monoisotopic (exact) mass is 206 g/mol. The van der Waals surface area contributed by atoms with Crippen LogP contribution in [0.15, 0.2) is 0 Å². The molecule has 0 aromatic heterocycles. The van der Waals surface area contributed by atoms with E-state index >= 15 is 0 Å². The fraction of sp³-hybridized carbons (Fsp3) is 0.857. The summed E-state index contributed by atoms with van der Waals surface area (Å²) in [5.74, 6) is 0.0938. The smallest absolute Gasteiger partial charge is 0.308 e. The molecule has 0 aromatic rings. The fourth-order valence-corrected chi connectivity index (χ4v) is 2.02. The van der Waals surface area contributed by atoms with Gasteiger partial charge < -0.3 is 4.74 Å². The number of esters is 1. The maximum atomic E-state index is 10.9. The standard InChI is InChI=1S/C7H11BrO2/c1-10-7(9)5-2-3-6(8)4-5/h5-6H,2-4H2,1H3/t5-,6+/m0/s1. The summed E-state index contributed by atoms with van der Waals surface area (Å²) in [6.07, 6.45) is 3.01. The number of hydrogen-bond acceptors (Lipinski definition) is 2. The van der Waals surface area contributed by atoms with Crippen LogP contribution >= 0.6 is 15.9 Å². The molecule has 0 radical (unpaired) electrons. The van der Waals surface area contributed by atoms with E-state index in [4.69, 9.17) is 0 Å². The SMILES string of the molecule is COC(=O)[C@H]1CC[C@@H](Br)C1. The van der Waals surface area contributed by atoms with Gasteiger partial charge in [0, 0.05) is 4.83 Å². The molecule has 0 aromatic carbocycles. The lowest BCUT2D eigenvalue weighted by atomic mass is 10.1. The molecule has 0 N–H and O–H groups in total. The van der Waals surface area contributed by atoms with E-state index in [-0.39, 0.29) is 11.9 Å². The molecule has 0 heterocycles. The molecule has 0 spiro atoms. The van der Waals surface area contributed by atoms with Crippen molar-refractivity contribution in [2.75, 3.05) is 7.11 Å². The number of alkyl halides is 1. The van der Waals surface area contributed by atoms with E-state index in [2.05, 4.69) is 20.7 Å². The summed E-state index contributed by atoms with van der Waals surface area (Å²) >= 11 is 3.47. The van der Waals surface area contributed by atoms with Crippen molar-refractivity contribution in [3.05, 3.63) is 0 Å². The van der Waals surface area contributed by atoms with E-state index in [0.29, 0.717) is 4.83 Å². The number of ether oxygens (including phenoxy) is 1. The van der Waals surface area contributed by atoms with Gasteiger partial charge in [-0.25, -0.2) is 0 Å². The van der Waals surface area contributed by atoms with Gasteiger partial charge in [0.15, 0.2) is 0 Å². The zero-order valence-electron chi connectivity index (χ0n) is 5.97. The molecular weight excluding hydrogens is 196 g/mol. The maximum absolute atomic E-state index is 10.9. The van der Waals surface area contributed by atoms with Gasteiger partial charge >= 0.3 is 5.97 Å². The van der Waals surface area contributed by atoms with Gasteiger partial charge in [0.05, 0.1) is 13.0 Å². The van der Waals surface area contributed by atoms with Crippen LogP contribution < -0.4 is 0 Å². The second kappa shape index (κ2) is 3.37. The summed E-state index contributed by atoms with van der Waals surface area (Å²) in [4.78, 5) is 11.4. The van der Waals surface area contributed by atoms with Crippen LogP contribution in [0.1, 0.15) is 19.3 Å². The first-order valence-corrected chi connectivity index (χ1v) is 4.37. The Morgan fingerprint density at radius 3 is 2.70 bits per heavy atom. The van der Waals surface area contributed by atoms with Crippen molar-refractivity contribution in [3.8, 4) is 0 Å². The normalized spacial score (nSPS) is 32.2. The van der Waals surface area contributed by atoms with Crippen LogP contribution in [-0.4, -0.2) is 17.9 Å². The molecule has 2 nitrogen and oxygen atoms in total. The minimum absolute atomic E-state index is 0.0537. The van der Waals surface area contributed by atoms with Gasteiger partial charge in [0.1, 0.15) is 0 Å². The number of rotatable bonds is 1. The molecule has 0 saturated heterocycles. The molecule has 0 aliphatic heterocycles. The molecule has 0 amide bonds. The average Bonchev–Trinajstić information content (AvgIpc) is 2.34. The number of hydrogen-bond donors (Lipinski definition) is 0. The largest absolute Gasteiger partial charge is 0.469 e. The molecular formula is C7H11BrO2. The van der Waals surface area contributed by atoms with Gasteiger partial charge in [-0.05, 0) is 19.3 Å². The molecule has 1 aliphatic carbocycles. The highest BCUT2D eigenvalue weighted by atomic mass is 79.9. The van der Waals surface area contributed by atoms with Crippen molar-refractivity contribution < 1.29 is 9.53 Å². The summed E-state index contributed by atoms with van der Waals surface area (Å²) in [6.45, 7) is 0. The van der Waals surface area contributed by atoms with Crippen molar-refractivity contribution in [1.29, 1.82) is 0 Å². The summed E-state index contributed by atoms with van der Waals surface area (Å²) in [5.41, 5.74) is 0. The zero-order valence-corrected chi connectivity index (χ0v) is 7.56. The first-order chi connectivity index (χ1) is 4.74.